The van der Waals surface area contributed by atoms with E-state index in [9.17, 15) is 0 Å². The molecule has 0 fully saturated rings. The first-order valence-electron chi connectivity index (χ1n) is 14.6. The van der Waals surface area contributed by atoms with Crippen LogP contribution in [0.15, 0.2) is 133 Å². The summed E-state index contributed by atoms with van der Waals surface area (Å²) in [6.07, 6.45) is 0. The van der Waals surface area contributed by atoms with Crippen LogP contribution in [0.5, 0.6) is 0 Å². The van der Waals surface area contributed by atoms with Crippen LogP contribution in [0.1, 0.15) is 26.3 Å². The highest BCUT2D eigenvalue weighted by Crippen LogP contribution is 2.47. The van der Waals surface area contributed by atoms with Gasteiger partial charge >= 0.3 is 0 Å². The molecule has 0 saturated heterocycles. The van der Waals surface area contributed by atoms with E-state index in [4.69, 9.17) is 0 Å². The second-order valence-corrected chi connectivity index (χ2v) is 13.3. The Kier molecular flexibility index (Phi) is 5.64. The summed E-state index contributed by atoms with van der Waals surface area (Å²) < 4.78 is 2.68. The van der Waals surface area contributed by atoms with Gasteiger partial charge in [-0.15, -0.1) is 11.3 Å². The van der Waals surface area contributed by atoms with E-state index in [0.29, 0.717) is 0 Å². The zero-order chi connectivity index (χ0) is 28.4. The van der Waals surface area contributed by atoms with Crippen molar-refractivity contribution in [1.82, 2.24) is 0 Å². The molecule has 0 radical (unpaired) electrons. The number of hydrogen-bond donors (Lipinski definition) is 0. The molecule has 0 aliphatic rings. The molecule has 1 nitrogen and oxygen atoms in total. The molecule has 42 heavy (non-hydrogen) atoms. The highest BCUT2D eigenvalue weighted by molar-refractivity contribution is 7.27. The molecule has 0 atom stereocenters. The van der Waals surface area contributed by atoms with E-state index in [1.54, 1.807) is 0 Å². The molecule has 2 heteroatoms. The minimum Gasteiger partial charge on any atom is -0.310 e. The van der Waals surface area contributed by atoms with E-state index in [1.807, 2.05) is 11.3 Å². The molecular weight excluding hydrogens is 527 g/mol. The molecule has 0 aliphatic carbocycles. The van der Waals surface area contributed by atoms with Gasteiger partial charge in [-0.05, 0) is 68.9 Å². The molecule has 0 saturated carbocycles. The van der Waals surface area contributed by atoms with E-state index in [1.165, 1.54) is 69.4 Å². The second-order valence-electron chi connectivity index (χ2n) is 12.2. The Morgan fingerprint density at radius 1 is 0.500 bits per heavy atom. The molecule has 0 amide bonds. The summed E-state index contributed by atoms with van der Waals surface area (Å²) in [4.78, 5) is 2.43. The van der Waals surface area contributed by atoms with Crippen molar-refractivity contribution < 1.29 is 0 Å². The first-order chi connectivity index (χ1) is 20.5. The number of benzene rings is 7. The van der Waals surface area contributed by atoms with Gasteiger partial charge in [0.15, 0.2) is 0 Å². The molecule has 1 heterocycles. The number of hydrogen-bond acceptors (Lipinski definition) is 2. The van der Waals surface area contributed by atoms with E-state index >= 15 is 0 Å². The van der Waals surface area contributed by atoms with E-state index in [-0.39, 0.29) is 5.41 Å². The lowest BCUT2D eigenvalue weighted by molar-refractivity contribution is 0.590. The van der Waals surface area contributed by atoms with Gasteiger partial charge in [-0.25, -0.2) is 0 Å². The fourth-order valence-electron chi connectivity index (χ4n) is 6.47. The fourth-order valence-corrected chi connectivity index (χ4v) is 7.71. The summed E-state index contributed by atoms with van der Waals surface area (Å²) in [6, 6.07) is 49.2. The molecule has 7 aromatic carbocycles. The van der Waals surface area contributed by atoms with Crippen molar-refractivity contribution in [2.75, 3.05) is 4.90 Å². The summed E-state index contributed by atoms with van der Waals surface area (Å²) in [5, 5.41) is 10.4. The topological polar surface area (TPSA) is 3.24 Å². The Morgan fingerprint density at radius 3 is 1.83 bits per heavy atom. The Hall–Kier alpha value is -4.66. The highest BCUT2D eigenvalue weighted by atomic mass is 32.1. The average molecular weight is 558 g/mol. The van der Waals surface area contributed by atoms with E-state index in [2.05, 4.69) is 159 Å². The van der Waals surface area contributed by atoms with Crippen LogP contribution in [0, 0.1) is 0 Å². The van der Waals surface area contributed by atoms with Crippen molar-refractivity contribution in [3.05, 3.63) is 139 Å². The lowest BCUT2D eigenvalue weighted by Crippen LogP contribution is -2.13. The van der Waals surface area contributed by atoms with Crippen molar-refractivity contribution in [3.63, 3.8) is 0 Å². The third-order valence-corrected chi connectivity index (χ3v) is 9.79. The summed E-state index contributed by atoms with van der Waals surface area (Å²) in [5.74, 6) is 0. The number of anilines is 3. The normalized spacial score (nSPS) is 12.2. The smallest absolute Gasteiger partial charge is 0.0540 e. The van der Waals surface area contributed by atoms with Crippen molar-refractivity contribution in [3.8, 4) is 0 Å². The molecule has 1 aromatic heterocycles. The van der Waals surface area contributed by atoms with Crippen LogP contribution in [0.25, 0.3) is 52.5 Å². The van der Waals surface area contributed by atoms with Crippen LogP contribution in [0.2, 0.25) is 0 Å². The van der Waals surface area contributed by atoms with Gasteiger partial charge in [-0.3, -0.25) is 0 Å². The van der Waals surface area contributed by atoms with E-state index < -0.39 is 0 Å². The lowest BCUT2D eigenvalue weighted by Gasteiger charge is -2.28. The molecule has 0 unspecified atom stereocenters. The van der Waals surface area contributed by atoms with Crippen LogP contribution < -0.4 is 4.90 Å². The van der Waals surface area contributed by atoms with Gasteiger partial charge in [0.1, 0.15) is 0 Å². The summed E-state index contributed by atoms with van der Waals surface area (Å²) in [5.41, 5.74) is 4.95. The number of thiophene rings is 1. The Labute approximate surface area is 250 Å². The van der Waals surface area contributed by atoms with Crippen LogP contribution in [0.3, 0.4) is 0 Å². The quantitative estimate of drug-likeness (QED) is 0.195. The van der Waals surface area contributed by atoms with Crippen molar-refractivity contribution >= 4 is 80.9 Å². The zero-order valence-corrected chi connectivity index (χ0v) is 24.9. The second kappa shape index (κ2) is 9.44. The molecular formula is C40H31NS. The molecule has 0 N–H and O–H groups in total. The van der Waals surface area contributed by atoms with Gasteiger partial charge in [0.25, 0.3) is 0 Å². The van der Waals surface area contributed by atoms with Gasteiger partial charge in [-0.2, -0.15) is 0 Å². The molecule has 202 valence electrons. The number of rotatable bonds is 3. The van der Waals surface area contributed by atoms with Gasteiger partial charge in [-0.1, -0.05) is 118 Å². The van der Waals surface area contributed by atoms with Gasteiger partial charge in [0, 0.05) is 42.3 Å². The maximum Gasteiger partial charge on any atom is 0.0540 e. The van der Waals surface area contributed by atoms with Crippen LogP contribution >= 0.6 is 11.3 Å². The number of fused-ring (bicyclic) bond motifs is 9. The van der Waals surface area contributed by atoms with Crippen LogP contribution in [0.4, 0.5) is 17.1 Å². The minimum atomic E-state index is 0.0984. The summed E-state index contributed by atoms with van der Waals surface area (Å²) in [6.45, 7) is 6.82. The summed E-state index contributed by atoms with van der Waals surface area (Å²) >= 11 is 1.91. The van der Waals surface area contributed by atoms with Gasteiger partial charge in [0.2, 0.25) is 0 Å². The van der Waals surface area contributed by atoms with Crippen LogP contribution in [-0.4, -0.2) is 0 Å². The Balaban J connectivity index is 1.43. The molecule has 0 spiro atoms. The highest BCUT2D eigenvalue weighted by Gasteiger charge is 2.20. The predicted molar refractivity (Wildman–Crippen MR) is 185 cm³/mol. The van der Waals surface area contributed by atoms with Gasteiger partial charge < -0.3 is 4.90 Å². The van der Waals surface area contributed by atoms with Crippen LogP contribution in [-0.2, 0) is 5.41 Å². The Bertz CT molecular complexity index is 2280. The first kappa shape index (κ1) is 25.1. The average Bonchev–Trinajstić information content (AvgIpc) is 3.41. The lowest BCUT2D eigenvalue weighted by atomic mass is 9.87. The maximum absolute atomic E-state index is 2.43. The van der Waals surface area contributed by atoms with Crippen molar-refractivity contribution in [2.45, 2.75) is 26.2 Å². The molecule has 0 aliphatic heterocycles. The summed E-state index contributed by atoms with van der Waals surface area (Å²) in [7, 11) is 0. The third-order valence-electron chi connectivity index (χ3n) is 8.59. The van der Waals surface area contributed by atoms with Crippen molar-refractivity contribution in [2.24, 2.45) is 0 Å². The monoisotopic (exact) mass is 557 g/mol. The van der Waals surface area contributed by atoms with Crippen molar-refractivity contribution in [1.29, 1.82) is 0 Å². The standard InChI is InChI=1S/C40H31NS/c1-40(2,3)27-19-21-28(22-20-27)41(36-18-10-12-26-11-4-5-13-30(26)36)29-23-24-37-35(25-29)38-33-16-8-6-14-31(33)32-15-7-9-17-34(32)39(38)42-37/h4-25H,1-3H3. The minimum absolute atomic E-state index is 0.0984. The number of nitrogens with zero attached hydrogens (tertiary/aromatic N) is 1. The molecule has 0 bridgehead atoms. The molecule has 8 rings (SSSR count). The third kappa shape index (κ3) is 3.90. The Morgan fingerprint density at radius 2 is 1.10 bits per heavy atom. The maximum atomic E-state index is 2.43. The molecule has 8 aromatic rings. The fraction of sp³-hybridized carbons (Fsp3) is 0.100. The van der Waals surface area contributed by atoms with Gasteiger partial charge in [0.05, 0.1) is 5.69 Å². The zero-order valence-electron chi connectivity index (χ0n) is 24.1. The SMILES string of the molecule is CC(C)(C)c1ccc(N(c2ccc3sc4c5ccccc5c5ccccc5c4c3c2)c2cccc3ccccc23)cc1. The predicted octanol–water partition coefficient (Wildman–Crippen LogP) is 12.3. The van der Waals surface area contributed by atoms with E-state index in [0.717, 1.165) is 5.69 Å². The largest absolute Gasteiger partial charge is 0.310 e. The first-order valence-corrected chi connectivity index (χ1v) is 15.4.